The van der Waals surface area contributed by atoms with Crippen LogP contribution < -0.4 is 0 Å². The Labute approximate surface area is 250 Å². The first kappa shape index (κ1) is 37.4. The van der Waals surface area contributed by atoms with Gasteiger partial charge in [-0.2, -0.15) is 0 Å². The molecule has 40 heavy (non-hydrogen) atoms. The summed E-state index contributed by atoms with van der Waals surface area (Å²) in [6, 6.07) is 0. The summed E-state index contributed by atoms with van der Waals surface area (Å²) >= 11 is 0. The van der Waals surface area contributed by atoms with Gasteiger partial charge >= 0.3 is 0 Å². The molecule has 0 aliphatic carbocycles. The summed E-state index contributed by atoms with van der Waals surface area (Å²) in [4.78, 5) is 0. The van der Waals surface area contributed by atoms with Crippen molar-refractivity contribution in [2.24, 2.45) is 11.8 Å². The molecule has 0 fully saturated rings. The van der Waals surface area contributed by atoms with E-state index in [1.165, 1.54) is 66.4 Å². The zero-order chi connectivity index (χ0) is 30.2. The van der Waals surface area contributed by atoms with Gasteiger partial charge in [-0.05, 0) is 91.9 Å². The summed E-state index contributed by atoms with van der Waals surface area (Å²) in [5.74, 6) is 1.61. The van der Waals surface area contributed by atoms with Gasteiger partial charge in [-0.15, -0.1) is 0 Å². The molecule has 0 nitrogen and oxygen atoms in total. The molecule has 0 aliphatic rings. The summed E-state index contributed by atoms with van der Waals surface area (Å²) in [6.07, 6.45) is 40.5. The molecule has 0 heterocycles. The van der Waals surface area contributed by atoms with Gasteiger partial charge in [-0.25, -0.2) is 0 Å². The summed E-state index contributed by atoms with van der Waals surface area (Å²) in [5, 5.41) is 0. The smallest absolute Gasteiger partial charge is 0.0285 e. The first-order chi connectivity index (χ1) is 19.0. The van der Waals surface area contributed by atoms with Crippen molar-refractivity contribution < 1.29 is 0 Å². The van der Waals surface area contributed by atoms with Crippen LogP contribution in [0.5, 0.6) is 0 Å². The Bertz CT molecular complexity index is 987. The highest BCUT2D eigenvalue weighted by atomic mass is 14.0. The molecule has 0 N–H and O–H groups in total. The minimum Gasteiger partial charge on any atom is -0.0853 e. The summed E-state index contributed by atoms with van der Waals surface area (Å²) in [6.45, 7) is 22.4. The highest BCUT2D eigenvalue weighted by Crippen LogP contribution is 2.14. The second-order valence-corrected chi connectivity index (χ2v) is 12.4. The van der Waals surface area contributed by atoms with E-state index in [-0.39, 0.29) is 0 Å². The van der Waals surface area contributed by atoms with Crippen molar-refractivity contribution in [3.63, 3.8) is 0 Å². The standard InChI is InChI=1S/C40H62/c1-33(2)19-13-23-37(7)27-17-31-39(9)29-15-25-35(5)21-11-12-22-36(6)26-16-30-40(10)32-18-28-38(8)24-14-20-34(3)4/h11-12,15-17,21-22,25-31,33-34H,13-14,18-20,23-24,32H2,1-10H3. The van der Waals surface area contributed by atoms with E-state index < -0.39 is 0 Å². The molecule has 0 aliphatic heterocycles. The number of hydrogen-bond acceptors (Lipinski definition) is 0. The van der Waals surface area contributed by atoms with Crippen LogP contribution in [0, 0.1) is 11.8 Å². The normalized spacial score (nSPS) is 15.5. The van der Waals surface area contributed by atoms with E-state index in [0.29, 0.717) is 0 Å². The molecular weight excluding hydrogens is 480 g/mol. The fourth-order valence-electron chi connectivity index (χ4n) is 4.05. The topological polar surface area (TPSA) is 0 Å². The first-order valence-corrected chi connectivity index (χ1v) is 15.7. The molecule has 0 bridgehead atoms. The molecule has 0 unspecified atom stereocenters. The maximum absolute atomic E-state index is 2.42. The lowest BCUT2D eigenvalue weighted by atomic mass is 10.0. The van der Waals surface area contributed by atoms with Gasteiger partial charge in [-0.1, -0.05) is 159 Å². The molecule has 0 atom stereocenters. The fourth-order valence-corrected chi connectivity index (χ4v) is 4.05. The number of rotatable bonds is 19. The third kappa shape index (κ3) is 25.7. The Kier molecular flexibility index (Phi) is 22.6. The third-order valence-corrected chi connectivity index (χ3v) is 6.76. The van der Waals surface area contributed by atoms with Crippen molar-refractivity contribution in [1.29, 1.82) is 0 Å². The lowest BCUT2D eigenvalue weighted by Crippen LogP contribution is -1.87. The Morgan fingerprint density at radius 2 is 0.825 bits per heavy atom. The number of hydrogen-bond donors (Lipinski definition) is 0. The van der Waals surface area contributed by atoms with Crippen LogP contribution in [0.3, 0.4) is 0 Å². The van der Waals surface area contributed by atoms with Crippen LogP contribution in [0.2, 0.25) is 0 Å². The van der Waals surface area contributed by atoms with Gasteiger partial charge < -0.3 is 0 Å². The van der Waals surface area contributed by atoms with Crippen LogP contribution in [0.15, 0.2) is 119 Å². The predicted molar refractivity (Wildman–Crippen MR) is 186 cm³/mol. The maximum atomic E-state index is 2.42. The lowest BCUT2D eigenvalue weighted by molar-refractivity contribution is 0.554. The van der Waals surface area contributed by atoms with E-state index in [4.69, 9.17) is 0 Å². The Morgan fingerprint density at radius 1 is 0.450 bits per heavy atom. The highest BCUT2D eigenvalue weighted by molar-refractivity contribution is 5.31. The molecule has 0 saturated carbocycles. The molecule has 0 aromatic heterocycles. The van der Waals surface area contributed by atoms with Gasteiger partial charge in [0.05, 0.1) is 0 Å². The van der Waals surface area contributed by atoms with E-state index in [1.54, 1.807) is 5.57 Å². The van der Waals surface area contributed by atoms with Gasteiger partial charge in [0, 0.05) is 0 Å². The second kappa shape index (κ2) is 24.2. The quantitative estimate of drug-likeness (QED) is 0.112. The molecule has 0 aromatic carbocycles. The molecule has 222 valence electrons. The molecule has 0 rings (SSSR count). The van der Waals surface area contributed by atoms with Gasteiger partial charge in [-0.3, -0.25) is 0 Å². The lowest BCUT2D eigenvalue weighted by Gasteiger charge is -2.05. The largest absolute Gasteiger partial charge is 0.0853 e. The predicted octanol–water partition coefficient (Wildman–Crippen LogP) is 13.3. The average Bonchev–Trinajstić information content (AvgIpc) is 2.86. The van der Waals surface area contributed by atoms with Crippen molar-refractivity contribution in [3.05, 3.63) is 119 Å². The molecule has 0 heteroatoms. The fraction of sp³-hybridized carbons (Fsp3) is 0.500. The van der Waals surface area contributed by atoms with Gasteiger partial charge in [0.25, 0.3) is 0 Å². The molecular formula is C40H62. The maximum Gasteiger partial charge on any atom is -0.0285 e. The van der Waals surface area contributed by atoms with Crippen LogP contribution in [0.1, 0.15) is 121 Å². The third-order valence-electron chi connectivity index (χ3n) is 6.76. The summed E-state index contributed by atoms with van der Waals surface area (Å²) < 4.78 is 0. The minimum absolute atomic E-state index is 0.796. The molecule has 0 saturated heterocycles. The zero-order valence-electron chi connectivity index (χ0n) is 27.9. The Hall–Kier alpha value is -2.60. The number of allylic oxidation sites excluding steroid dienone is 20. The Morgan fingerprint density at radius 3 is 1.27 bits per heavy atom. The van der Waals surface area contributed by atoms with E-state index >= 15 is 0 Å². The van der Waals surface area contributed by atoms with Crippen LogP contribution in [-0.2, 0) is 0 Å². The van der Waals surface area contributed by atoms with Crippen LogP contribution >= 0.6 is 0 Å². The van der Waals surface area contributed by atoms with Gasteiger partial charge in [0.15, 0.2) is 0 Å². The van der Waals surface area contributed by atoms with Crippen LogP contribution in [0.25, 0.3) is 0 Å². The minimum atomic E-state index is 0.796. The van der Waals surface area contributed by atoms with E-state index in [0.717, 1.165) is 24.7 Å². The van der Waals surface area contributed by atoms with Crippen molar-refractivity contribution in [1.82, 2.24) is 0 Å². The zero-order valence-corrected chi connectivity index (χ0v) is 27.9. The highest BCUT2D eigenvalue weighted by Gasteiger charge is 1.96. The summed E-state index contributed by atoms with van der Waals surface area (Å²) in [7, 11) is 0. The van der Waals surface area contributed by atoms with Gasteiger partial charge in [0.1, 0.15) is 0 Å². The van der Waals surface area contributed by atoms with E-state index in [2.05, 4.69) is 154 Å². The van der Waals surface area contributed by atoms with Crippen LogP contribution in [0.4, 0.5) is 0 Å². The molecule has 0 radical (unpaired) electrons. The van der Waals surface area contributed by atoms with E-state index in [1.807, 2.05) is 0 Å². The second-order valence-electron chi connectivity index (χ2n) is 12.4. The molecule has 0 spiro atoms. The first-order valence-electron chi connectivity index (χ1n) is 15.7. The van der Waals surface area contributed by atoms with Gasteiger partial charge in [0.2, 0.25) is 0 Å². The van der Waals surface area contributed by atoms with Crippen molar-refractivity contribution in [2.75, 3.05) is 0 Å². The van der Waals surface area contributed by atoms with E-state index in [9.17, 15) is 0 Å². The SMILES string of the molecule is CC(C=CC=C(C)C=CC=C(C)CCCC(C)C)=CC=CC=C(C)C=CC=C(C)CCC=C(C)CCCC(C)C. The monoisotopic (exact) mass is 542 g/mol. The van der Waals surface area contributed by atoms with Crippen molar-refractivity contribution in [3.8, 4) is 0 Å². The summed E-state index contributed by atoms with van der Waals surface area (Å²) in [5.41, 5.74) is 8.16. The Balaban J connectivity index is 4.55. The molecule has 0 aromatic rings. The average molecular weight is 543 g/mol. The van der Waals surface area contributed by atoms with Crippen molar-refractivity contribution >= 4 is 0 Å². The van der Waals surface area contributed by atoms with Crippen LogP contribution in [-0.4, -0.2) is 0 Å². The molecule has 0 amide bonds. The van der Waals surface area contributed by atoms with Crippen molar-refractivity contribution in [2.45, 2.75) is 121 Å².